The van der Waals surface area contributed by atoms with E-state index in [1.54, 1.807) is 0 Å². The van der Waals surface area contributed by atoms with Crippen LogP contribution in [0.4, 0.5) is 0 Å². The third-order valence-electron chi connectivity index (χ3n) is 7.32. The molecule has 3 fully saturated rings. The Labute approximate surface area is 142 Å². The average Bonchev–Trinajstić information content (AvgIpc) is 2.76. The number of hydrogen-bond acceptors (Lipinski definition) is 2. The lowest BCUT2D eigenvalue weighted by Gasteiger charge is -2.55. The molecule has 4 aliphatic rings. The van der Waals surface area contributed by atoms with Crippen LogP contribution in [0, 0.1) is 17.3 Å². The summed E-state index contributed by atoms with van der Waals surface area (Å²) in [5.41, 5.74) is 0.797. The molecule has 0 aromatic carbocycles. The highest BCUT2D eigenvalue weighted by atomic mass is 16.5. The average molecular weight is 318 g/mol. The molecule has 0 spiro atoms. The fourth-order valence-corrected chi connectivity index (χ4v) is 6.09. The first-order chi connectivity index (χ1) is 10.8. The van der Waals surface area contributed by atoms with Gasteiger partial charge in [-0.15, -0.1) is 0 Å². The Hall–Kier alpha value is -0.340. The van der Waals surface area contributed by atoms with Crippen molar-refractivity contribution in [2.24, 2.45) is 17.3 Å². The van der Waals surface area contributed by atoms with Gasteiger partial charge in [0.05, 0.1) is 12.2 Å². The highest BCUT2D eigenvalue weighted by Gasteiger charge is 2.52. The summed E-state index contributed by atoms with van der Waals surface area (Å²) in [7, 11) is 0. The van der Waals surface area contributed by atoms with Crippen LogP contribution in [-0.2, 0) is 4.74 Å². The summed E-state index contributed by atoms with van der Waals surface area (Å²) in [6.07, 6.45) is 13.7. The molecular formula is C21H35NO. The Balaban J connectivity index is 1.46. The zero-order valence-electron chi connectivity index (χ0n) is 15.7. The monoisotopic (exact) mass is 317 g/mol. The second kappa shape index (κ2) is 5.33. The van der Waals surface area contributed by atoms with Crippen LogP contribution in [0.2, 0.25) is 0 Å². The fourth-order valence-electron chi connectivity index (χ4n) is 6.09. The molecule has 0 radical (unpaired) electrons. The van der Waals surface area contributed by atoms with E-state index in [0.717, 1.165) is 30.3 Å². The van der Waals surface area contributed by atoms with Gasteiger partial charge in [0.15, 0.2) is 0 Å². The van der Waals surface area contributed by atoms with E-state index in [1.165, 1.54) is 32.1 Å². The minimum Gasteiger partial charge on any atom is -0.370 e. The van der Waals surface area contributed by atoms with Crippen molar-refractivity contribution >= 4 is 0 Å². The van der Waals surface area contributed by atoms with Crippen molar-refractivity contribution in [1.29, 1.82) is 0 Å². The first-order valence-corrected chi connectivity index (χ1v) is 9.86. The molecule has 0 aromatic rings. The van der Waals surface area contributed by atoms with Gasteiger partial charge in [0.1, 0.15) is 0 Å². The van der Waals surface area contributed by atoms with Gasteiger partial charge in [0, 0.05) is 23.5 Å². The van der Waals surface area contributed by atoms with Crippen LogP contribution in [0.25, 0.3) is 0 Å². The van der Waals surface area contributed by atoms with Gasteiger partial charge in [-0.2, -0.15) is 0 Å². The molecular weight excluding hydrogens is 282 g/mol. The fraction of sp³-hybridized carbons (Fsp3) is 0.905. The van der Waals surface area contributed by atoms with Crippen LogP contribution in [0.1, 0.15) is 73.1 Å². The lowest BCUT2D eigenvalue weighted by atomic mass is 9.70. The summed E-state index contributed by atoms with van der Waals surface area (Å²) >= 11 is 0. The van der Waals surface area contributed by atoms with E-state index >= 15 is 0 Å². The van der Waals surface area contributed by atoms with Crippen molar-refractivity contribution in [2.45, 2.75) is 103 Å². The molecule has 0 saturated carbocycles. The SMILES string of the molecule is CC(C)(C)C1CC2CCC(C1)N2C(C)(C)CC1C2C=CCC1O2. The standard InChI is InChI=1S/C21H35NO/c1-20(2,3)14-11-15-9-10-16(12-14)22(15)21(4,5)13-17-18-7-6-8-19(17)23-18/h6-7,14-19H,8-13H2,1-5H3. The molecule has 2 nitrogen and oxygen atoms in total. The zero-order valence-corrected chi connectivity index (χ0v) is 15.7. The second-order valence-corrected chi connectivity index (χ2v) is 10.3. The van der Waals surface area contributed by atoms with Crippen LogP contribution >= 0.6 is 0 Å². The number of ether oxygens (including phenoxy) is 1. The molecule has 3 aliphatic heterocycles. The summed E-state index contributed by atoms with van der Waals surface area (Å²) in [6, 6.07) is 1.65. The second-order valence-electron chi connectivity index (χ2n) is 10.3. The molecule has 2 heteroatoms. The molecule has 3 heterocycles. The summed E-state index contributed by atoms with van der Waals surface area (Å²) in [6.45, 7) is 12.3. The molecule has 23 heavy (non-hydrogen) atoms. The maximum atomic E-state index is 5.95. The Morgan fingerprint density at radius 2 is 1.70 bits per heavy atom. The van der Waals surface area contributed by atoms with Gasteiger partial charge in [0.25, 0.3) is 0 Å². The minimum absolute atomic E-state index is 0.324. The smallest absolute Gasteiger partial charge is 0.0813 e. The molecule has 0 N–H and O–H groups in total. The molecule has 4 rings (SSSR count). The maximum absolute atomic E-state index is 5.95. The summed E-state index contributed by atoms with van der Waals surface area (Å²) in [4.78, 5) is 2.94. The topological polar surface area (TPSA) is 12.5 Å². The van der Waals surface area contributed by atoms with Crippen molar-refractivity contribution in [3.8, 4) is 0 Å². The number of rotatable bonds is 3. The van der Waals surface area contributed by atoms with Crippen LogP contribution < -0.4 is 0 Å². The van der Waals surface area contributed by atoms with E-state index in [0.29, 0.717) is 23.2 Å². The van der Waals surface area contributed by atoms with Crippen LogP contribution in [0.15, 0.2) is 12.2 Å². The van der Waals surface area contributed by atoms with Crippen LogP contribution in [0.5, 0.6) is 0 Å². The predicted molar refractivity (Wildman–Crippen MR) is 95.4 cm³/mol. The predicted octanol–water partition coefficient (Wildman–Crippen LogP) is 4.79. The highest BCUT2D eigenvalue weighted by molar-refractivity contribution is 5.12. The quantitative estimate of drug-likeness (QED) is 0.694. The van der Waals surface area contributed by atoms with E-state index < -0.39 is 0 Å². The largest absolute Gasteiger partial charge is 0.370 e. The normalized spacial score (nSPS) is 43.5. The van der Waals surface area contributed by atoms with E-state index in [-0.39, 0.29) is 0 Å². The number of fused-ring (bicyclic) bond motifs is 4. The Kier molecular flexibility index (Phi) is 3.74. The Morgan fingerprint density at radius 1 is 1.04 bits per heavy atom. The third kappa shape index (κ3) is 2.70. The first-order valence-electron chi connectivity index (χ1n) is 9.86. The lowest BCUT2D eigenvalue weighted by molar-refractivity contribution is -0.181. The van der Waals surface area contributed by atoms with Crippen LogP contribution in [0.3, 0.4) is 0 Å². The number of piperidine rings is 1. The summed E-state index contributed by atoms with van der Waals surface area (Å²) in [5, 5.41) is 0. The van der Waals surface area contributed by atoms with Gasteiger partial charge in [-0.3, -0.25) is 4.90 Å². The molecule has 5 atom stereocenters. The van der Waals surface area contributed by atoms with Crippen molar-refractivity contribution in [1.82, 2.24) is 4.90 Å². The Bertz CT molecular complexity index is 475. The maximum Gasteiger partial charge on any atom is 0.0813 e. The van der Waals surface area contributed by atoms with Crippen molar-refractivity contribution in [2.75, 3.05) is 0 Å². The molecule has 5 unspecified atom stereocenters. The van der Waals surface area contributed by atoms with Gasteiger partial charge in [-0.25, -0.2) is 0 Å². The number of hydrogen-bond donors (Lipinski definition) is 0. The summed E-state index contributed by atoms with van der Waals surface area (Å²) < 4.78 is 5.95. The van der Waals surface area contributed by atoms with E-state index in [1.807, 2.05) is 0 Å². The molecule has 3 saturated heterocycles. The third-order valence-corrected chi connectivity index (χ3v) is 7.32. The molecule has 1 aliphatic carbocycles. The minimum atomic E-state index is 0.324. The molecule has 0 aromatic heterocycles. The van der Waals surface area contributed by atoms with Crippen LogP contribution in [-0.4, -0.2) is 34.7 Å². The molecule has 0 amide bonds. The van der Waals surface area contributed by atoms with Gasteiger partial charge >= 0.3 is 0 Å². The van der Waals surface area contributed by atoms with Gasteiger partial charge in [-0.1, -0.05) is 32.9 Å². The van der Waals surface area contributed by atoms with Crippen molar-refractivity contribution in [3.05, 3.63) is 12.2 Å². The summed E-state index contributed by atoms with van der Waals surface area (Å²) in [5.74, 6) is 1.66. The lowest BCUT2D eigenvalue weighted by Crippen LogP contribution is -2.59. The van der Waals surface area contributed by atoms with E-state index in [2.05, 4.69) is 51.7 Å². The van der Waals surface area contributed by atoms with Gasteiger partial charge < -0.3 is 4.74 Å². The van der Waals surface area contributed by atoms with Gasteiger partial charge in [0.2, 0.25) is 0 Å². The van der Waals surface area contributed by atoms with E-state index in [9.17, 15) is 0 Å². The highest BCUT2D eigenvalue weighted by Crippen LogP contribution is 2.50. The van der Waals surface area contributed by atoms with Crippen molar-refractivity contribution < 1.29 is 4.74 Å². The van der Waals surface area contributed by atoms with Crippen molar-refractivity contribution in [3.63, 3.8) is 0 Å². The molecule has 130 valence electrons. The number of nitrogens with zero attached hydrogens (tertiary/aromatic N) is 1. The molecule has 4 bridgehead atoms. The van der Waals surface area contributed by atoms with E-state index in [4.69, 9.17) is 4.74 Å². The Morgan fingerprint density at radius 3 is 2.17 bits per heavy atom. The zero-order chi connectivity index (χ0) is 16.4. The first kappa shape index (κ1) is 16.1. The van der Waals surface area contributed by atoms with Gasteiger partial charge in [-0.05, 0) is 63.7 Å².